The van der Waals surface area contributed by atoms with Gasteiger partial charge in [0, 0.05) is 6.54 Å². The minimum atomic E-state index is -2.42. The van der Waals surface area contributed by atoms with Gasteiger partial charge in [0.2, 0.25) is 0 Å². The molecule has 0 aromatic heterocycles. The lowest BCUT2D eigenvalue weighted by atomic mass is 9.94. The van der Waals surface area contributed by atoms with Gasteiger partial charge in [0.05, 0.1) is 13.7 Å². The molecular weight excluding hydrogens is 218 g/mol. The molecule has 0 aromatic carbocycles. The van der Waals surface area contributed by atoms with E-state index in [2.05, 4.69) is 4.74 Å². The SMILES string of the molecule is COC(=O)C(N)(CN(C)CC(F)F)C1CC1. The van der Waals surface area contributed by atoms with Gasteiger partial charge in [-0.1, -0.05) is 0 Å². The number of nitrogens with zero attached hydrogens (tertiary/aromatic N) is 1. The van der Waals surface area contributed by atoms with Crippen molar-refractivity contribution in [1.29, 1.82) is 0 Å². The molecule has 1 saturated carbocycles. The Morgan fingerprint density at radius 2 is 2.19 bits per heavy atom. The van der Waals surface area contributed by atoms with E-state index in [1.165, 1.54) is 19.1 Å². The zero-order valence-corrected chi connectivity index (χ0v) is 9.58. The van der Waals surface area contributed by atoms with E-state index in [0.717, 1.165) is 12.8 Å². The van der Waals surface area contributed by atoms with Gasteiger partial charge in [0.15, 0.2) is 0 Å². The Labute approximate surface area is 93.7 Å². The molecule has 0 bridgehead atoms. The summed E-state index contributed by atoms with van der Waals surface area (Å²) in [6.45, 7) is -0.280. The van der Waals surface area contributed by atoms with Crippen LogP contribution in [0, 0.1) is 5.92 Å². The van der Waals surface area contributed by atoms with Crippen LogP contribution in [0.1, 0.15) is 12.8 Å². The zero-order valence-electron chi connectivity index (χ0n) is 9.58. The number of hydrogen-bond acceptors (Lipinski definition) is 4. The Bertz CT molecular complexity index is 259. The second kappa shape index (κ2) is 5.05. The summed E-state index contributed by atoms with van der Waals surface area (Å²) in [5.41, 5.74) is 4.83. The number of nitrogens with two attached hydrogens (primary N) is 1. The fourth-order valence-electron chi connectivity index (χ4n) is 1.90. The highest BCUT2D eigenvalue weighted by Crippen LogP contribution is 2.39. The smallest absolute Gasteiger partial charge is 0.327 e. The van der Waals surface area contributed by atoms with E-state index in [9.17, 15) is 13.6 Å². The summed E-state index contributed by atoms with van der Waals surface area (Å²) in [4.78, 5) is 12.9. The molecule has 4 nitrogen and oxygen atoms in total. The molecule has 0 radical (unpaired) electrons. The summed E-state index contributed by atoms with van der Waals surface area (Å²) < 4.78 is 29.0. The molecule has 6 heteroatoms. The van der Waals surface area contributed by atoms with E-state index >= 15 is 0 Å². The largest absolute Gasteiger partial charge is 0.468 e. The minimum Gasteiger partial charge on any atom is -0.468 e. The number of likely N-dealkylation sites (N-methyl/N-ethyl adjacent to an activating group) is 1. The first-order valence-electron chi connectivity index (χ1n) is 5.24. The highest BCUT2D eigenvalue weighted by atomic mass is 19.3. The van der Waals surface area contributed by atoms with Crippen molar-refractivity contribution in [3.63, 3.8) is 0 Å². The number of alkyl halides is 2. The Morgan fingerprint density at radius 3 is 2.56 bits per heavy atom. The van der Waals surface area contributed by atoms with Gasteiger partial charge in [-0.05, 0) is 25.8 Å². The predicted octanol–water partition coefficient (Wildman–Crippen LogP) is 0.464. The molecule has 1 unspecified atom stereocenters. The van der Waals surface area contributed by atoms with Crippen LogP contribution in [0.5, 0.6) is 0 Å². The maximum absolute atomic E-state index is 12.2. The Morgan fingerprint density at radius 1 is 1.62 bits per heavy atom. The van der Waals surface area contributed by atoms with Gasteiger partial charge in [0.1, 0.15) is 5.54 Å². The summed E-state index contributed by atoms with van der Waals surface area (Å²) in [5.74, 6) is -0.462. The van der Waals surface area contributed by atoms with E-state index in [1.807, 2.05) is 0 Å². The van der Waals surface area contributed by atoms with Crippen LogP contribution >= 0.6 is 0 Å². The molecule has 94 valence electrons. The molecule has 0 aliphatic heterocycles. The van der Waals surface area contributed by atoms with Crippen molar-refractivity contribution in [1.82, 2.24) is 4.90 Å². The van der Waals surface area contributed by atoms with E-state index < -0.39 is 17.9 Å². The fraction of sp³-hybridized carbons (Fsp3) is 0.900. The monoisotopic (exact) mass is 236 g/mol. The standard InChI is InChI=1S/C10H18F2N2O2/c1-14(5-8(11)12)6-10(13,7-3-4-7)9(15)16-2/h7-8H,3-6,13H2,1-2H3. The van der Waals surface area contributed by atoms with Crippen LogP contribution in [0.3, 0.4) is 0 Å². The molecule has 0 saturated heterocycles. The number of rotatable bonds is 6. The lowest BCUT2D eigenvalue weighted by Gasteiger charge is -2.31. The normalized spacial score (nSPS) is 19.9. The van der Waals surface area contributed by atoms with Crippen LogP contribution in [0.25, 0.3) is 0 Å². The first kappa shape index (κ1) is 13.3. The van der Waals surface area contributed by atoms with Crippen LogP contribution < -0.4 is 5.73 Å². The number of halogens is 2. The van der Waals surface area contributed by atoms with Gasteiger partial charge in [-0.25, -0.2) is 8.78 Å². The number of carbonyl (C=O) groups is 1. The first-order valence-corrected chi connectivity index (χ1v) is 5.24. The van der Waals surface area contributed by atoms with Crippen LogP contribution in [0.15, 0.2) is 0 Å². The average molecular weight is 236 g/mol. The minimum absolute atomic E-state index is 0.0556. The second-order valence-corrected chi connectivity index (χ2v) is 4.39. The summed E-state index contributed by atoms with van der Waals surface area (Å²) in [7, 11) is 2.79. The Balaban J connectivity index is 2.60. The molecule has 0 amide bonds. The molecule has 1 rings (SSSR count). The van der Waals surface area contributed by atoms with Crippen molar-refractivity contribution in [2.75, 3.05) is 27.2 Å². The van der Waals surface area contributed by atoms with Crippen molar-refractivity contribution in [3.05, 3.63) is 0 Å². The molecule has 1 aliphatic carbocycles. The molecule has 1 fully saturated rings. The van der Waals surface area contributed by atoms with Crippen LogP contribution in [-0.2, 0) is 9.53 Å². The van der Waals surface area contributed by atoms with E-state index in [-0.39, 0.29) is 19.0 Å². The quantitative estimate of drug-likeness (QED) is 0.681. The number of esters is 1. The maximum atomic E-state index is 12.2. The number of ether oxygens (including phenoxy) is 1. The summed E-state index contributed by atoms with van der Waals surface area (Å²) in [6.07, 6.45) is -0.714. The number of methoxy groups -OCH3 is 1. The number of carbonyl (C=O) groups excluding carboxylic acids is 1. The third-order valence-electron chi connectivity index (χ3n) is 2.85. The third kappa shape index (κ3) is 3.12. The van der Waals surface area contributed by atoms with Gasteiger partial charge in [-0.15, -0.1) is 0 Å². The molecule has 2 N–H and O–H groups in total. The summed E-state index contributed by atoms with van der Waals surface area (Å²) >= 11 is 0. The highest BCUT2D eigenvalue weighted by Gasteiger charge is 2.49. The zero-order chi connectivity index (χ0) is 12.3. The summed E-state index contributed by atoms with van der Waals surface area (Å²) in [6, 6.07) is 0. The first-order chi connectivity index (χ1) is 7.40. The lowest BCUT2D eigenvalue weighted by molar-refractivity contribution is -0.149. The molecule has 1 aliphatic rings. The van der Waals surface area contributed by atoms with E-state index in [0.29, 0.717) is 0 Å². The predicted molar refractivity (Wildman–Crippen MR) is 55.2 cm³/mol. The van der Waals surface area contributed by atoms with Crippen LogP contribution in [0.4, 0.5) is 8.78 Å². The molecule has 1 atom stereocenters. The topological polar surface area (TPSA) is 55.6 Å². The van der Waals surface area contributed by atoms with E-state index in [4.69, 9.17) is 5.73 Å². The van der Waals surface area contributed by atoms with Crippen molar-refractivity contribution in [2.24, 2.45) is 11.7 Å². The molecule has 0 spiro atoms. The second-order valence-electron chi connectivity index (χ2n) is 4.39. The molecule has 0 heterocycles. The third-order valence-corrected chi connectivity index (χ3v) is 2.85. The van der Waals surface area contributed by atoms with Gasteiger partial charge in [0.25, 0.3) is 6.43 Å². The van der Waals surface area contributed by atoms with Crippen LogP contribution in [-0.4, -0.2) is 50.1 Å². The summed E-state index contributed by atoms with van der Waals surface area (Å²) in [5, 5.41) is 0. The average Bonchev–Trinajstić information content (AvgIpc) is 2.97. The van der Waals surface area contributed by atoms with Gasteiger partial charge < -0.3 is 10.5 Å². The molecule has 0 aromatic rings. The van der Waals surface area contributed by atoms with Crippen molar-refractivity contribution < 1.29 is 18.3 Å². The maximum Gasteiger partial charge on any atom is 0.327 e. The fourth-order valence-corrected chi connectivity index (χ4v) is 1.90. The number of hydrogen-bond donors (Lipinski definition) is 1. The van der Waals surface area contributed by atoms with Crippen molar-refractivity contribution in [2.45, 2.75) is 24.8 Å². The van der Waals surface area contributed by atoms with Gasteiger partial charge in [-0.2, -0.15) is 0 Å². The van der Waals surface area contributed by atoms with Gasteiger partial charge in [-0.3, -0.25) is 9.69 Å². The van der Waals surface area contributed by atoms with Gasteiger partial charge >= 0.3 is 5.97 Å². The lowest BCUT2D eigenvalue weighted by Crippen LogP contribution is -2.58. The molecule has 16 heavy (non-hydrogen) atoms. The van der Waals surface area contributed by atoms with Crippen molar-refractivity contribution >= 4 is 5.97 Å². The van der Waals surface area contributed by atoms with Crippen molar-refractivity contribution in [3.8, 4) is 0 Å². The Kier molecular flexibility index (Phi) is 4.21. The Hall–Kier alpha value is -0.750. The van der Waals surface area contributed by atoms with E-state index in [1.54, 1.807) is 0 Å². The molecular formula is C10H18F2N2O2. The van der Waals surface area contributed by atoms with Crippen LogP contribution in [0.2, 0.25) is 0 Å². The highest BCUT2D eigenvalue weighted by molar-refractivity contribution is 5.81.